The standard InChI is InChI=1S/6ClH.Sb/h6*1H;/q;;;;;;+3/p-6. The molecule has 0 aliphatic rings. The Kier molecular flexibility index (Phi) is 1140. The topological polar surface area (TPSA) is 0 Å². The largest absolute Gasteiger partial charge is 3.00 e. The maximum Gasteiger partial charge on any atom is 3.00 e. The zero-order valence-electron chi connectivity index (χ0n) is 2.72. The van der Waals surface area contributed by atoms with Gasteiger partial charge >= 0.3 is 24.4 Å². The normalized spacial score (nSPS) is 0. The molecule has 0 amide bonds. The summed E-state index contributed by atoms with van der Waals surface area (Å²) in [4.78, 5) is 0. The van der Waals surface area contributed by atoms with Crippen LogP contribution in [0.3, 0.4) is 0 Å². The Morgan fingerprint density at radius 1 is 0.286 bits per heavy atom. The molecule has 0 nitrogen and oxygen atoms in total. The van der Waals surface area contributed by atoms with Gasteiger partial charge in [-0.15, -0.1) is 0 Å². The third-order valence-corrected chi connectivity index (χ3v) is 0. The van der Waals surface area contributed by atoms with Crippen LogP contribution in [0.25, 0.3) is 0 Å². The molecule has 0 aromatic carbocycles. The zero-order chi connectivity index (χ0) is 0. The minimum Gasteiger partial charge on any atom is -1.00 e. The molecule has 0 spiro atoms. The Morgan fingerprint density at radius 3 is 0.286 bits per heavy atom. The fraction of sp³-hybridized carbons (Fsp3) is 0. The maximum atomic E-state index is 0. The van der Waals surface area contributed by atoms with E-state index in [2.05, 4.69) is 0 Å². The van der Waals surface area contributed by atoms with Crippen LogP contribution in [0, 0.1) is 0 Å². The Hall–Kier alpha value is 2.56. The second kappa shape index (κ2) is 74.7. The molecule has 0 bridgehead atoms. The van der Waals surface area contributed by atoms with E-state index in [9.17, 15) is 0 Å². The summed E-state index contributed by atoms with van der Waals surface area (Å²) in [5.41, 5.74) is 0. The van der Waals surface area contributed by atoms with E-state index in [0.29, 0.717) is 0 Å². The van der Waals surface area contributed by atoms with E-state index in [1.54, 1.807) is 0 Å². The predicted octanol–water partition coefficient (Wildman–Crippen LogP) is -18.4. The first kappa shape index (κ1) is 107. The van der Waals surface area contributed by atoms with Crippen LogP contribution in [-0.4, -0.2) is 24.4 Å². The Bertz CT molecular complexity index is 4.14. The van der Waals surface area contributed by atoms with Gasteiger partial charge in [-0.1, -0.05) is 0 Å². The van der Waals surface area contributed by atoms with Crippen LogP contribution in [-0.2, 0) is 0 Å². The van der Waals surface area contributed by atoms with E-state index < -0.39 is 0 Å². The number of hydrogen-bond acceptors (Lipinski definition) is 0. The van der Waals surface area contributed by atoms with E-state index in [-0.39, 0.29) is 98.9 Å². The summed E-state index contributed by atoms with van der Waals surface area (Å²) in [5, 5.41) is 0. The second-order valence-corrected chi connectivity index (χ2v) is 0. The molecule has 0 aliphatic heterocycles. The third kappa shape index (κ3) is 56.2. The van der Waals surface area contributed by atoms with Gasteiger partial charge in [0.25, 0.3) is 0 Å². The quantitative estimate of drug-likeness (QED) is 0.386. The monoisotopic (exact) mass is 331 g/mol. The molecule has 0 fully saturated rings. The molecule has 50 valence electrons. The summed E-state index contributed by atoms with van der Waals surface area (Å²) in [7, 11) is 0. The van der Waals surface area contributed by atoms with Crippen molar-refractivity contribution >= 4 is 24.4 Å². The van der Waals surface area contributed by atoms with Gasteiger partial charge in [0.15, 0.2) is 0 Å². The van der Waals surface area contributed by atoms with Crippen LogP contribution in [0.1, 0.15) is 0 Å². The van der Waals surface area contributed by atoms with E-state index in [1.807, 2.05) is 0 Å². The van der Waals surface area contributed by atoms with Crippen molar-refractivity contribution in [1.82, 2.24) is 0 Å². The molecule has 7 heteroatoms. The first-order chi connectivity index (χ1) is 0. The van der Waals surface area contributed by atoms with Crippen LogP contribution in [0.2, 0.25) is 0 Å². The second-order valence-electron chi connectivity index (χ2n) is 0. The molecule has 0 heterocycles. The molecule has 0 rings (SSSR count). The van der Waals surface area contributed by atoms with Gasteiger partial charge in [-0.2, -0.15) is 0 Å². The molecule has 7 heavy (non-hydrogen) atoms. The molecule has 0 atom stereocenters. The van der Waals surface area contributed by atoms with Crippen molar-refractivity contribution < 1.29 is 74.4 Å². The van der Waals surface area contributed by atoms with Crippen molar-refractivity contribution in [1.29, 1.82) is 0 Å². The molecule has 0 aromatic rings. The molecule has 0 aromatic heterocycles. The van der Waals surface area contributed by atoms with Gasteiger partial charge in [0, 0.05) is 0 Å². The van der Waals surface area contributed by atoms with E-state index >= 15 is 0 Å². The number of hydrogen-bond donors (Lipinski definition) is 0. The first-order valence-corrected chi connectivity index (χ1v) is 0. The zero-order valence-corrected chi connectivity index (χ0v) is 9.80. The molecular formula is Cl6Sb-3. The van der Waals surface area contributed by atoms with E-state index in [4.69, 9.17) is 0 Å². The van der Waals surface area contributed by atoms with Crippen molar-refractivity contribution in [3.05, 3.63) is 0 Å². The molecule has 0 saturated heterocycles. The summed E-state index contributed by atoms with van der Waals surface area (Å²) in [6.07, 6.45) is 0. The molecular weight excluding hydrogens is 334 g/mol. The smallest absolute Gasteiger partial charge is 1.00 e. The fourth-order valence-electron chi connectivity index (χ4n) is 0. The molecule has 0 N–H and O–H groups in total. The first-order valence-electron chi connectivity index (χ1n) is 0. The maximum absolute atomic E-state index is 0. The van der Waals surface area contributed by atoms with Crippen molar-refractivity contribution in [3.8, 4) is 0 Å². The van der Waals surface area contributed by atoms with Gasteiger partial charge in [-0.3, -0.25) is 0 Å². The summed E-state index contributed by atoms with van der Waals surface area (Å²) in [6, 6.07) is 0. The predicted molar refractivity (Wildman–Crippen MR) is 5.75 cm³/mol. The van der Waals surface area contributed by atoms with Gasteiger partial charge in [-0.25, -0.2) is 0 Å². The number of rotatable bonds is 0. The van der Waals surface area contributed by atoms with Gasteiger partial charge in [-0.05, 0) is 0 Å². The molecule has 0 unspecified atom stereocenters. The van der Waals surface area contributed by atoms with Gasteiger partial charge in [0.05, 0.1) is 0 Å². The fourth-order valence-corrected chi connectivity index (χ4v) is 0. The minimum atomic E-state index is 0. The molecule has 0 aliphatic carbocycles. The summed E-state index contributed by atoms with van der Waals surface area (Å²) in [6.45, 7) is 0. The Labute approximate surface area is 97.9 Å². The third-order valence-electron chi connectivity index (χ3n) is 0. The van der Waals surface area contributed by atoms with Crippen molar-refractivity contribution in [2.75, 3.05) is 0 Å². The van der Waals surface area contributed by atoms with Gasteiger partial charge in [0.2, 0.25) is 0 Å². The minimum absolute atomic E-state index is 0. The van der Waals surface area contributed by atoms with Crippen LogP contribution in [0.4, 0.5) is 0 Å². The SMILES string of the molecule is [Cl-].[Cl-].[Cl-].[Cl-].[Cl-].[Cl-].[Sb+3]. The Balaban J connectivity index is 0. The van der Waals surface area contributed by atoms with Crippen LogP contribution >= 0.6 is 0 Å². The van der Waals surface area contributed by atoms with Gasteiger partial charge in [0.1, 0.15) is 0 Å². The Morgan fingerprint density at radius 2 is 0.286 bits per heavy atom. The average Bonchev–Trinajstić information content (AvgIpc) is 0. The van der Waals surface area contributed by atoms with Crippen molar-refractivity contribution in [2.45, 2.75) is 0 Å². The summed E-state index contributed by atoms with van der Waals surface area (Å²) < 4.78 is 0. The molecule has 0 saturated carbocycles. The van der Waals surface area contributed by atoms with Gasteiger partial charge < -0.3 is 74.4 Å². The van der Waals surface area contributed by atoms with Crippen molar-refractivity contribution in [2.24, 2.45) is 0 Å². The average molecular weight is 334 g/mol. The van der Waals surface area contributed by atoms with E-state index in [1.165, 1.54) is 0 Å². The molecule has 2 radical (unpaired) electrons. The van der Waals surface area contributed by atoms with Crippen LogP contribution in [0.15, 0.2) is 0 Å². The summed E-state index contributed by atoms with van der Waals surface area (Å²) >= 11 is 0. The van der Waals surface area contributed by atoms with Crippen LogP contribution in [0.5, 0.6) is 0 Å². The van der Waals surface area contributed by atoms with E-state index in [0.717, 1.165) is 0 Å². The summed E-state index contributed by atoms with van der Waals surface area (Å²) in [5.74, 6) is 0. The van der Waals surface area contributed by atoms with Crippen molar-refractivity contribution in [3.63, 3.8) is 0 Å². The number of halogens is 6. The van der Waals surface area contributed by atoms with Crippen LogP contribution < -0.4 is 74.4 Å².